The normalized spacial score (nSPS) is 16.8. The fraction of sp³-hybridized carbons (Fsp3) is 0.174. The molecule has 0 saturated carbocycles. The zero-order valence-electron chi connectivity index (χ0n) is 17.8. The molecule has 1 aliphatic heterocycles. The van der Waals surface area contributed by atoms with Gasteiger partial charge in [0.2, 0.25) is 11.5 Å². The maximum atomic E-state index is 14.8. The summed E-state index contributed by atoms with van der Waals surface area (Å²) in [7, 11) is 0.916. The third-order valence-electron chi connectivity index (χ3n) is 5.48. The van der Waals surface area contributed by atoms with Gasteiger partial charge in [-0.15, -0.1) is 0 Å². The lowest BCUT2D eigenvalue weighted by Crippen LogP contribution is -2.35. The quantitative estimate of drug-likeness (QED) is 0.235. The third kappa shape index (κ3) is 3.88. The van der Waals surface area contributed by atoms with Gasteiger partial charge in [0.25, 0.3) is 0 Å². The summed E-state index contributed by atoms with van der Waals surface area (Å²) < 4.78 is 45.0. The first-order chi connectivity index (χ1) is 16.5. The van der Waals surface area contributed by atoms with Crippen molar-refractivity contribution >= 4 is 5.97 Å². The van der Waals surface area contributed by atoms with Gasteiger partial charge in [-0.05, 0) is 24.3 Å². The van der Waals surface area contributed by atoms with Gasteiger partial charge in [0.05, 0.1) is 7.11 Å². The van der Waals surface area contributed by atoms with Gasteiger partial charge in [0.15, 0.2) is 40.7 Å². The van der Waals surface area contributed by atoms with E-state index < -0.39 is 69.9 Å². The van der Waals surface area contributed by atoms with Crippen LogP contribution in [0, 0.1) is 11.6 Å². The molecule has 1 aliphatic rings. The average molecular weight is 492 g/mol. The van der Waals surface area contributed by atoms with Gasteiger partial charge in [0, 0.05) is 17.5 Å². The summed E-state index contributed by atoms with van der Waals surface area (Å²) in [6, 6.07) is 6.33. The van der Waals surface area contributed by atoms with Crippen LogP contribution in [0.15, 0.2) is 30.3 Å². The smallest absolute Gasteiger partial charge is 0.344 e. The minimum atomic E-state index is -1.80. The Morgan fingerprint density at radius 2 is 1.60 bits per heavy atom. The molecule has 184 valence electrons. The van der Waals surface area contributed by atoms with E-state index in [0.717, 1.165) is 19.2 Å². The number of carbonyl (C=O) groups is 1. The number of benzene rings is 3. The number of carbonyl (C=O) groups excluding carboxylic acids is 1. The minimum Gasteiger partial charge on any atom is -0.508 e. The average Bonchev–Trinajstić information content (AvgIpc) is 2.81. The van der Waals surface area contributed by atoms with E-state index in [1.807, 2.05) is 0 Å². The van der Waals surface area contributed by atoms with Crippen LogP contribution in [0.4, 0.5) is 8.78 Å². The Hall–Kier alpha value is -4.61. The fourth-order valence-corrected chi connectivity index (χ4v) is 3.77. The summed E-state index contributed by atoms with van der Waals surface area (Å²) in [6.07, 6.45) is -2.91. The zero-order chi connectivity index (χ0) is 25.6. The molecule has 4 rings (SSSR count). The first-order valence-electron chi connectivity index (χ1n) is 9.95. The van der Waals surface area contributed by atoms with Gasteiger partial charge in [0.1, 0.15) is 23.2 Å². The van der Waals surface area contributed by atoms with Crippen LogP contribution < -0.4 is 9.47 Å². The lowest BCUT2D eigenvalue weighted by Gasteiger charge is -2.34. The van der Waals surface area contributed by atoms with Crippen molar-refractivity contribution in [2.75, 3.05) is 7.11 Å². The topological polar surface area (TPSA) is 166 Å². The number of esters is 1. The SMILES string of the molecule is COc1c(O)c(O)c(F)c(C(=O)O[C@@H]2Cc3c(O)cccc3OC2c2cc(O)c(O)c(O)c2)c1F. The predicted octanol–water partition coefficient (Wildman–Crippen LogP) is 3.11. The number of aromatic hydroxyl groups is 6. The fourth-order valence-electron chi connectivity index (χ4n) is 3.77. The Kier molecular flexibility index (Phi) is 5.81. The van der Waals surface area contributed by atoms with Crippen molar-refractivity contribution in [2.24, 2.45) is 0 Å². The summed E-state index contributed by atoms with van der Waals surface area (Å²) in [5.41, 5.74) is -1.16. The summed E-state index contributed by atoms with van der Waals surface area (Å²) in [6.45, 7) is 0. The van der Waals surface area contributed by atoms with Crippen molar-refractivity contribution in [2.45, 2.75) is 18.6 Å². The Morgan fingerprint density at radius 3 is 2.23 bits per heavy atom. The Labute approximate surface area is 195 Å². The maximum absolute atomic E-state index is 14.8. The van der Waals surface area contributed by atoms with Crippen LogP contribution in [0.25, 0.3) is 0 Å². The second-order valence-electron chi connectivity index (χ2n) is 7.58. The first-order valence-corrected chi connectivity index (χ1v) is 9.95. The molecule has 3 aromatic carbocycles. The zero-order valence-corrected chi connectivity index (χ0v) is 17.8. The predicted molar refractivity (Wildman–Crippen MR) is 112 cm³/mol. The van der Waals surface area contributed by atoms with E-state index in [-0.39, 0.29) is 29.0 Å². The number of phenolic OH excluding ortho intramolecular Hbond substituents is 6. The van der Waals surface area contributed by atoms with Crippen molar-refractivity contribution in [3.05, 3.63) is 58.7 Å². The molecule has 6 N–H and O–H groups in total. The second-order valence-corrected chi connectivity index (χ2v) is 7.58. The van der Waals surface area contributed by atoms with Crippen molar-refractivity contribution in [3.63, 3.8) is 0 Å². The second kappa shape index (κ2) is 8.63. The molecular weight excluding hydrogens is 474 g/mol. The molecule has 0 amide bonds. The van der Waals surface area contributed by atoms with Gasteiger partial charge in [-0.25, -0.2) is 13.6 Å². The Bertz CT molecular complexity index is 1320. The molecule has 35 heavy (non-hydrogen) atoms. The number of methoxy groups -OCH3 is 1. The Morgan fingerprint density at radius 1 is 0.943 bits per heavy atom. The van der Waals surface area contributed by atoms with E-state index in [0.29, 0.717) is 0 Å². The number of ether oxygens (including phenoxy) is 3. The van der Waals surface area contributed by atoms with Crippen LogP contribution in [0.2, 0.25) is 0 Å². The lowest BCUT2D eigenvalue weighted by atomic mass is 9.93. The molecule has 0 aromatic heterocycles. The van der Waals surface area contributed by atoms with Crippen LogP contribution in [-0.2, 0) is 11.2 Å². The van der Waals surface area contributed by atoms with E-state index in [1.165, 1.54) is 18.2 Å². The van der Waals surface area contributed by atoms with E-state index in [9.17, 15) is 44.2 Å². The molecule has 0 bridgehead atoms. The summed E-state index contributed by atoms with van der Waals surface area (Å²) in [4.78, 5) is 12.8. The van der Waals surface area contributed by atoms with Crippen LogP contribution in [0.1, 0.15) is 27.6 Å². The highest BCUT2D eigenvalue weighted by Crippen LogP contribution is 2.46. The van der Waals surface area contributed by atoms with E-state index in [2.05, 4.69) is 4.74 Å². The number of hydrogen-bond donors (Lipinski definition) is 6. The summed E-state index contributed by atoms with van der Waals surface area (Å²) in [5, 5.41) is 59.1. The van der Waals surface area contributed by atoms with E-state index in [1.54, 1.807) is 0 Å². The molecule has 0 fully saturated rings. The van der Waals surface area contributed by atoms with Crippen LogP contribution in [0.3, 0.4) is 0 Å². The van der Waals surface area contributed by atoms with Gasteiger partial charge < -0.3 is 44.8 Å². The summed E-state index contributed by atoms with van der Waals surface area (Å²) >= 11 is 0. The van der Waals surface area contributed by atoms with Gasteiger partial charge >= 0.3 is 5.97 Å². The third-order valence-corrected chi connectivity index (χ3v) is 5.48. The Balaban J connectivity index is 1.79. The van der Waals surface area contributed by atoms with Crippen LogP contribution in [-0.4, -0.2) is 49.8 Å². The molecule has 0 aliphatic carbocycles. The van der Waals surface area contributed by atoms with Crippen LogP contribution in [0.5, 0.6) is 46.0 Å². The molecule has 0 spiro atoms. The first kappa shape index (κ1) is 23.5. The molecule has 1 unspecified atom stereocenters. The van der Waals surface area contributed by atoms with Gasteiger partial charge in [-0.2, -0.15) is 0 Å². The molecule has 3 aromatic rings. The molecule has 10 nitrogen and oxygen atoms in total. The number of phenols is 6. The van der Waals surface area contributed by atoms with Gasteiger partial charge in [-0.3, -0.25) is 0 Å². The van der Waals surface area contributed by atoms with Crippen LogP contribution >= 0.6 is 0 Å². The van der Waals surface area contributed by atoms with Crippen molar-refractivity contribution in [1.29, 1.82) is 0 Å². The number of rotatable bonds is 4. The lowest BCUT2D eigenvalue weighted by molar-refractivity contribution is -0.0196. The molecule has 12 heteroatoms. The number of hydrogen-bond acceptors (Lipinski definition) is 10. The highest BCUT2D eigenvalue weighted by molar-refractivity contribution is 5.92. The molecule has 0 saturated heterocycles. The molecule has 0 radical (unpaired) electrons. The monoisotopic (exact) mass is 492 g/mol. The largest absolute Gasteiger partial charge is 0.508 e. The standard InChI is InChI=1S/C23H18F2O10/c1-33-22-17(25)15(16(24)19(30)20(22)31)23(32)35-14-7-9-10(26)3-2-4-13(9)34-21(14)8-5-11(27)18(29)12(28)6-8/h2-6,14,21,26-31H,7H2,1H3/t14-,21?/m1/s1. The van der Waals surface area contributed by atoms with Crippen molar-refractivity contribution in [1.82, 2.24) is 0 Å². The molecule has 1 heterocycles. The highest BCUT2D eigenvalue weighted by Gasteiger charge is 2.39. The maximum Gasteiger partial charge on any atom is 0.344 e. The molecular formula is C23H18F2O10. The van der Waals surface area contributed by atoms with Crippen molar-refractivity contribution in [3.8, 4) is 46.0 Å². The number of fused-ring (bicyclic) bond motifs is 1. The summed E-state index contributed by atoms with van der Waals surface area (Å²) in [5.74, 6) is -11.1. The molecule has 2 atom stereocenters. The van der Waals surface area contributed by atoms with E-state index >= 15 is 0 Å². The van der Waals surface area contributed by atoms with Crippen molar-refractivity contribution < 1.29 is 58.4 Å². The van der Waals surface area contributed by atoms with E-state index in [4.69, 9.17) is 9.47 Å². The van der Waals surface area contributed by atoms with Gasteiger partial charge in [-0.1, -0.05) is 6.07 Å². The highest BCUT2D eigenvalue weighted by atomic mass is 19.1. The minimum absolute atomic E-state index is 0.0108. The number of halogens is 2.